The van der Waals surface area contributed by atoms with E-state index in [1.165, 1.54) is 56.9 Å². The van der Waals surface area contributed by atoms with Crippen LogP contribution in [-0.2, 0) is 10.5 Å². The van der Waals surface area contributed by atoms with Crippen molar-refractivity contribution in [3.8, 4) is 0 Å². The highest BCUT2D eigenvalue weighted by Gasteiger charge is 2.39. The Hall–Kier alpha value is -0.540. The summed E-state index contributed by atoms with van der Waals surface area (Å²) >= 11 is 7.41. The van der Waals surface area contributed by atoms with E-state index in [0.717, 1.165) is 23.0 Å². The Morgan fingerprint density at radius 1 is 0.963 bits per heavy atom. The highest BCUT2D eigenvalue weighted by molar-refractivity contribution is 8.22. The van der Waals surface area contributed by atoms with Crippen molar-refractivity contribution in [2.75, 3.05) is 0 Å². The summed E-state index contributed by atoms with van der Waals surface area (Å²) in [5, 5.41) is 0. The standard InChI is InChI=1S/C24H40OS2/c1-5-9-14-19-24(18-10-6-2,22(8-4)15-7-3)25-23(26)27-20-21-16-12-11-13-17-21/h11-13,16-17,22H,5-10,14-15,18-20H2,1-4H3. The van der Waals surface area contributed by atoms with Crippen molar-refractivity contribution in [1.29, 1.82) is 0 Å². The number of ether oxygens (including phenoxy) is 1. The molecule has 1 nitrogen and oxygen atoms in total. The summed E-state index contributed by atoms with van der Waals surface area (Å²) in [7, 11) is 0. The van der Waals surface area contributed by atoms with Gasteiger partial charge in [-0.15, -0.1) is 0 Å². The lowest BCUT2D eigenvalue weighted by Crippen LogP contribution is -2.42. The first-order chi connectivity index (χ1) is 13.1. The Kier molecular flexibility index (Phi) is 13.1. The van der Waals surface area contributed by atoms with E-state index in [1.54, 1.807) is 11.8 Å². The third-order valence-corrected chi connectivity index (χ3v) is 6.75. The quantitative estimate of drug-likeness (QED) is 0.225. The van der Waals surface area contributed by atoms with Crippen LogP contribution in [0.3, 0.4) is 0 Å². The molecular weight excluding hydrogens is 368 g/mol. The zero-order chi connectivity index (χ0) is 20.0. The van der Waals surface area contributed by atoms with E-state index < -0.39 is 0 Å². The molecular formula is C24H40OS2. The molecule has 27 heavy (non-hydrogen) atoms. The summed E-state index contributed by atoms with van der Waals surface area (Å²) in [6, 6.07) is 10.6. The Morgan fingerprint density at radius 2 is 1.63 bits per heavy atom. The number of thiocarbonyl (C=S) groups is 1. The molecule has 0 saturated heterocycles. The van der Waals surface area contributed by atoms with Gasteiger partial charge in [0.15, 0.2) is 0 Å². The van der Waals surface area contributed by atoms with Gasteiger partial charge in [0.1, 0.15) is 5.60 Å². The Morgan fingerprint density at radius 3 is 2.22 bits per heavy atom. The average Bonchev–Trinajstić information content (AvgIpc) is 2.69. The number of hydrogen-bond donors (Lipinski definition) is 0. The Bertz CT molecular complexity index is 502. The van der Waals surface area contributed by atoms with Gasteiger partial charge in [0.2, 0.25) is 4.38 Å². The summed E-state index contributed by atoms with van der Waals surface area (Å²) in [5.41, 5.74) is 1.23. The molecule has 0 aliphatic rings. The first-order valence-electron chi connectivity index (χ1n) is 11.0. The van der Waals surface area contributed by atoms with Gasteiger partial charge in [-0.2, -0.15) is 0 Å². The third kappa shape index (κ3) is 9.00. The summed E-state index contributed by atoms with van der Waals surface area (Å²) in [5.74, 6) is 1.49. The van der Waals surface area contributed by atoms with E-state index >= 15 is 0 Å². The number of rotatable bonds is 14. The van der Waals surface area contributed by atoms with Gasteiger partial charge < -0.3 is 4.74 Å². The molecule has 2 unspecified atom stereocenters. The fourth-order valence-corrected chi connectivity index (χ4v) is 5.01. The minimum Gasteiger partial charge on any atom is -0.472 e. The molecule has 0 aliphatic carbocycles. The number of benzene rings is 1. The SMILES string of the molecule is CCCCCC(CCCC)(OC(=S)SCc1ccccc1)C(CC)CCC. The molecule has 1 aromatic carbocycles. The molecule has 154 valence electrons. The number of thioether (sulfide) groups is 1. The van der Waals surface area contributed by atoms with E-state index in [2.05, 4.69) is 58.0 Å². The van der Waals surface area contributed by atoms with Crippen LogP contribution in [0.25, 0.3) is 0 Å². The van der Waals surface area contributed by atoms with Gasteiger partial charge >= 0.3 is 0 Å². The molecule has 0 saturated carbocycles. The molecule has 3 heteroatoms. The van der Waals surface area contributed by atoms with Crippen LogP contribution in [0.15, 0.2) is 30.3 Å². The lowest BCUT2D eigenvalue weighted by atomic mass is 9.75. The van der Waals surface area contributed by atoms with Crippen LogP contribution < -0.4 is 0 Å². The number of unbranched alkanes of at least 4 members (excludes halogenated alkanes) is 3. The highest BCUT2D eigenvalue weighted by Crippen LogP contribution is 2.40. The van der Waals surface area contributed by atoms with E-state index in [4.69, 9.17) is 17.0 Å². The van der Waals surface area contributed by atoms with Crippen LogP contribution in [0.2, 0.25) is 0 Å². The predicted octanol–water partition coefficient (Wildman–Crippen LogP) is 8.56. The maximum atomic E-state index is 6.71. The zero-order valence-electron chi connectivity index (χ0n) is 18.0. The van der Waals surface area contributed by atoms with Crippen LogP contribution in [0.1, 0.15) is 97.5 Å². The van der Waals surface area contributed by atoms with Gasteiger partial charge in [0, 0.05) is 5.75 Å². The van der Waals surface area contributed by atoms with Gasteiger partial charge in [-0.3, -0.25) is 0 Å². The van der Waals surface area contributed by atoms with Crippen molar-refractivity contribution in [2.45, 2.75) is 103 Å². The van der Waals surface area contributed by atoms with Crippen LogP contribution >= 0.6 is 24.0 Å². The van der Waals surface area contributed by atoms with Gasteiger partial charge in [-0.25, -0.2) is 0 Å². The van der Waals surface area contributed by atoms with Crippen molar-refractivity contribution in [3.63, 3.8) is 0 Å². The maximum absolute atomic E-state index is 6.71. The fraction of sp³-hybridized carbons (Fsp3) is 0.708. The molecule has 0 N–H and O–H groups in total. The van der Waals surface area contributed by atoms with Gasteiger partial charge in [-0.1, -0.05) is 95.5 Å². The lowest BCUT2D eigenvalue weighted by Gasteiger charge is -2.41. The highest BCUT2D eigenvalue weighted by atomic mass is 32.2. The van der Waals surface area contributed by atoms with Gasteiger partial charge in [0.25, 0.3) is 0 Å². The van der Waals surface area contributed by atoms with Crippen LogP contribution in [-0.4, -0.2) is 9.98 Å². The first-order valence-corrected chi connectivity index (χ1v) is 12.4. The van der Waals surface area contributed by atoms with E-state index in [-0.39, 0.29) is 5.60 Å². The van der Waals surface area contributed by atoms with E-state index in [9.17, 15) is 0 Å². The van der Waals surface area contributed by atoms with Crippen LogP contribution in [0, 0.1) is 5.92 Å². The number of hydrogen-bond acceptors (Lipinski definition) is 3. The molecule has 2 atom stereocenters. The minimum absolute atomic E-state index is 0.0727. The fourth-order valence-electron chi connectivity index (χ4n) is 3.97. The van der Waals surface area contributed by atoms with Gasteiger partial charge in [0.05, 0.1) is 0 Å². The second kappa shape index (κ2) is 14.5. The molecule has 0 fully saturated rings. The molecule has 1 rings (SSSR count). The molecule has 0 spiro atoms. The largest absolute Gasteiger partial charge is 0.472 e. The minimum atomic E-state index is -0.0727. The molecule has 0 bridgehead atoms. The smallest absolute Gasteiger partial charge is 0.220 e. The molecule has 0 amide bonds. The summed E-state index contributed by atoms with van der Waals surface area (Å²) in [6.07, 6.45) is 12.1. The second-order valence-electron chi connectivity index (χ2n) is 7.65. The maximum Gasteiger partial charge on any atom is 0.220 e. The molecule has 1 aromatic rings. The van der Waals surface area contributed by atoms with Crippen LogP contribution in [0.5, 0.6) is 0 Å². The summed E-state index contributed by atoms with van der Waals surface area (Å²) in [4.78, 5) is 0. The van der Waals surface area contributed by atoms with Crippen molar-refractivity contribution in [2.24, 2.45) is 5.92 Å². The van der Waals surface area contributed by atoms with E-state index in [1.807, 2.05) is 0 Å². The molecule has 0 heterocycles. The lowest BCUT2D eigenvalue weighted by molar-refractivity contribution is -0.0229. The van der Waals surface area contributed by atoms with Crippen LogP contribution in [0.4, 0.5) is 0 Å². The van der Waals surface area contributed by atoms with E-state index in [0.29, 0.717) is 5.92 Å². The van der Waals surface area contributed by atoms with Crippen molar-refractivity contribution < 1.29 is 4.74 Å². The first kappa shape index (κ1) is 24.5. The average molecular weight is 409 g/mol. The molecule has 0 aromatic heterocycles. The third-order valence-electron chi connectivity index (χ3n) is 5.52. The van der Waals surface area contributed by atoms with Crippen molar-refractivity contribution >= 4 is 28.4 Å². The summed E-state index contributed by atoms with van der Waals surface area (Å²) in [6.45, 7) is 9.17. The van der Waals surface area contributed by atoms with Gasteiger partial charge in [-0.05, 0) is 62.2 Å². The van der Waals surface area contributed by atoms with Crippen molar-refractivity contribution in [1.82, 2.24) is 0 Å². The molecule has 0 radical (unpaired) electrons. The summed E-state index contributed by atoms with van der Waals surface area (Å²) < 4.78 is 7.45. The second-order valence-corrected chi connectivity index (χ2v) is 9.22. The Balaban J connectivity index is 2.88. The normalized spacial score (nSPS) is 14.5. The van der Waals surface area contributed by atoms with Crippen molar-refractivity contribution in [3.05, 3.63) is 35.9 Å². The zero-order valence-corrected chi connectivity index (χ0v) is 19.6. The Labute approximate surface area is 178 Å². The topological polar surface area (TPSA) is 9.23 Å². The molecule has 0 aliphatic heterocycles. The monoisotopic (exact) mass is 408 g/mol. The predicted molar refractivity (Wildman–Crippen MR) is 127 cm³/mol.